The van der Waals surface area contributed by atoms with Crippen molar-refractivity contribution in [1.82, 2.24) is 4.90 Å². The van der Waals surface area contributed by atoms with Gasteiger partial charge in [0, 0.05) is 19.7 Å². The minimum Gasteiger partial charge on any atom is -0.486 e. The molecule has 0 aromatic heterocycles. The molecular weight excluding hydrogens is 342 g/mol. The zero-order chi connectivity index (χ0) is 18.5. The van der Waals surface area contributed by atoms with Crippen LogP contribution in [0.4, 0.5) is 0 Å². The normalized spacial score (nSPS) is 18.3. The molecule has 5 heteroatoms. The first kappa shape index (κ1) is 17.9. The van der Waals surface area contributed by atoms with Gasteiger partial charge in [-0.15, -0.1) is 0 Å². The van der Waals surface area contributed by atoms with Gasteiger partial charge in [-0.2, -0.15) is 0 Å². The molecule has 1 saturated heterocycles. The third-order valence-electron chi connectivity index (χ3n) is 5.08. The van der Waals surface area contributed by atoms with Gasteiger partial charge >= 0.3 is 0 Å². The predicted molar refractivity (Wildman–Crippen MR) is 102 cm³/mol. The molecule has 0 radical (unpaired) electrons. The van der Waals surface area contributed by atoms with E-state index in [-0.39, 0.29) is 11.8 Å². The third-order valence-corrected chi connectivity index (χ3v) is 5.08. The Morgan fingerprint density at radius 3 is 2.56 bits per heavy atom. The predicted octanol–water partition coefficient (Wildman–Crippen LogP) is 3.07. The van der Waals surface area contributed by atoms with E-state index < -0.39 is 0 Å². The molecule has 0 aliphatic carbocycles. The molecule has 2 aliphatic heterocycles. The first-order valence-corrected chi connectivity index (χ1v) is 9.58. The molecule has 0 N–H and O–H groups in total. The lowest BCUT2D eigenvalue weighted by Gasteiger charge is -2.26. The van der Waals surface area contributed by atoms with E-state index in [1.54, 1.807) is 0 Å². The molecule has 5 nitrogen and oxygen atoms in total. The molecule has 0 unspecified atom stereocenters. The number of hydrogen-bond acceptors (Lipinski definition) is 4. The van der Waals surface area contributed by atoms with E-state index in [4.69, 9.17) is 14.2 Å². The number of benzene rings is 2. The summed E-state index contributed by atoms with van der Waals surface area (Å²) in [6.07, 6.45) is 1.65. The van der Waals surface area contributed by atoms with Gasteiger partial charge in [-0.05, 0) is 36.1 Å². The van der Waals surface area contributed by atoms with Gasteiger partial charge in [-0.3, -0.25) is 4.79 Å². The van der Waals surface area contributed by atoms with Gasteiger partial charge < -0.3 is 19.1 Å². The van der Waals surface area contributed by atoms with Gasteiger partial charge in [0.2, 0.25) is 5.91 Å². The highest BCUT2D eigenvalue weighted by atomic mass is 16.6. The molecule has 2 heterocycles. The lowest BCUT2D eigenvalue weighted by molar-refractivity contribution is -0.136. The van der Waals surface area contributed by atoms with Gasteiger partial charge in [-0.1, -0.05) is 36.4 Å². The van der Waals surface area contributed by atoms with Crippen molar-refractivity contribution in [3.63, 3.8) is 0 Å². The molecule has 1 fully saturated rings. The van der Waals surface area contributed by atoms with Crippen molar-refractivity contribution in [2.24, 2.45) is 5.92 Å². The van der Waals surface area contributed by atoms with E-state index in [2.05, 4.69) is 12.1 Å². The molecule has 142 valence electrons. The maximum atomic E-state index is 13.0. The SMILES string of the molecule is O=C([C@H]1CCOC1)N(CCc1ccccc1)Cc1ccc2c(c1)OCCO2. The van der Waals surface area contributed by atoms with Crippen LogP contribution in [0.25, 0.3) is 0 Å². The van der Waals surface area contributed by atoms with E-state index in [0.29, 0.717) is 39.5 Å². The van der Waals surface area contributed by atoms with Crippen LogP contribution >= 0.6 is 0 Å². The number of fused-ring (bicyclic) bond motifs is 1. The maximum absolute atomic E-state index is 13.0. The van der Waals surface area contributed by atoms with Gasteiger partial charge in [0.1, 0.15) is 13.2 Å². The first-order chi connectivity index (χ1) is 13.3. The number of carbonyl (C=O) groups is 1. The fraction of sp³-hybridized carbons (Fsp3) is 0.409. The largest absolute Gasteiger partial charge is 0.486 e. The Hall–Kier alpha value is -2.53. The minimum atomic E-state index is -0.0296. The average molecular weight is 367 g/mol. The van der Waals surface area contributed by atoms with E-state index in [1.165, 1.54) is 5.56 Å². The van der Waals surface area contributed by atoms with Gasteiger partial charge in [0.15, 0.2) is 11.5 Å². The van der Waals surface area contributed by atoms with Crippen LogP contribution in [0.2, 0.25) is 0 Å². The second-order valence-corrected chi connectivity index (χ2v) is 7.03. The topological polar surface area (TPSA) is 48.0 Å². The Morgan fingerprint density at radius 1 is 0.963 bits per heavy atom. The number of carbonyl (C=O) groups excluding carboxylic acids is 1. The monoisotopic (exact) mass is 367 g/mol. The number of hydrogen-bond donors (Lipinski definition) is 0. The van der Waals surface area contributed by atoms with Crippen LogP contribution in [0, 0.1) is 5.92 Å². The lowest BCUT2D eigenvalue weighted by atomic mass is 10.1. The zero-order valence-electron chi connectivity index (χ0n) is 15.4. The van der Waals surface area contributed by atoms with Crippen molar-refractivity contribution in [2.45, 2.75) is 19.4 Å². The highest BCUT2D eigenvalue weighted by Gasteiger charge is 2.28. The third kappa shape index (κ3) is 4.42. The van der Waals surface area contributed by atoms with Crippen LogP contribution in [-0.4, -0.2) is 43.8 Å². The summed E-state index contributed by atoms with van der Waals surface area (Å²) >= 11 is 0. The molecule has 0 spiro atoms. The van der Waals surface area contributed by atoms with Crippen molar-refractivity contribution in [2.75, 3.05) is 33.0 Å². The molecule has 2 aliphatic rings. The van der Waals surface area contributed by atoms with Gasteiger partial charge in [-0.25, -0.2) is 0 Å². The lowest BCUT2D eigenvalue weighted by Crippen LogP contribution is -2.37. The number of ether oxygens (including phenoxy) is 3. The zero-order valence-corrected chi connectivity index (χ0v) is 15.4. The average Bonchev–Trinajstić information content (AvgIpc) is 3.26. The number of amides is 1. The quantitative estimate of drug-likeness (QED) is 0.787. The second-order valence-electron chi connectivity index (χ2n) is 7.03. The Balaban J connectivity index is 1.49. The molecule has 4 rings (SSSR count). The van der Waals surface area contributed by atoms with Crippen LogP contribution in [-0.2, 0) is 22.5 Å². The van der Waals surface area contributed by atoms with Crippen LogP contribution in [0.5, 0.6) is 11.5 Å². The molecule has 2 aromatic rings. The van der Waals surface area contributed by atoms with Crippen LogP contribution in [0.15, 0.2) is 48.5 Å². The summed E-state index contributed by atoms with van der Waals surface area (Å²) in [6.45, 7) is 3.60. The molecule has 27 heavy (non-hydrogen) atoms. The second kappa shape index (κ2) is 8.44. The van der Waals surface area contributed by atoms with Crippen LogP contribution in [0.3, 0.4) is 0 Å². The first-order valence-electron chi connectivity index (χ1n) is 9.58. The molecule has 0 bridgehead atoms. The maximum Gasteiger partial charge on any atom is 0.228 e. The standard InChI is InChI=1S/C22H25NO4/c24-22(19-9-11-25-16-19)23(10-8-17-4-2-1-3-5-17)15-18-6-7-20-21(14-18)27-13-12-26-20/h1-7,14,19H,8-13,15-16H2/t19-/m0/s1. The Labute approximate surface area is 159 Å². The van der Waals surface area contributed by atoms with E-state index >= 15 is 0 Å². The summed E-state index contributed by atoms with van der Waals surface area (Å²) in [4.78, 5) is 15.0. The van der Waals surface area contributed by atoms with E-state index in [9.17, 15) is 4.79 Å². The smallest absolute Gasteiger partial charge is 0.228 e. The van der Waals surface area contributed by atoms with Crippen molar-refractivity contribution in [3.05, 3.63) is 59.7 Å². The van der Waals surface area contributed by atoms with E-state index in [1.807, 2.05) is 41.3 Å². The van der Waals surface area contributed by atoms with Gasteiger partial charge in [0.05, 0.1) is 12.5 Å². The van der Waals surface area contributed by atoms with Crippen molar-refractivity contribution >= 4 is 5.91 Å². The fourth-order valence-corrected chi connectivity index (χ4v) is 3.57. The van der Waals surface area contributed by atoms with Crippen molar-refractivity contribution in [3.8, 4) is 11.5 Å². The molecule has 0 saturated carbocycles. The fourth-order valence-electron chi connectivity index (χ4n) is 3.57. The van der Waals surface area contributed by atoms with Crippen molar-refractivity contribution < 1.29 is 19.0 Å². The highest BCUT2D eigenvalue weighted by molar-refractivity contribution is 5.79. The summed E-state index contributed by atoms with van der Waals surface area (Å²) < 4.78 is 16.7. The molecular formula is C22H25NO4. The van der Waals surface area contributed by atoms with Gasteiger partial charge in [0.25, 0.3) is 0 Å². The summed E-state index contributed by atoms with van der Waals surface area (Å²) in [7, 11) is 0. The summed E-state index contributed by atoms with van der Waals surface area (Å²) in [5, 5.41) is 0. The highest BCUT2D eigenvalue weighted by Crippen LogP contribution is 2.31. The Bertz CT molecular complexity index is 771. The van der Waals surface area contributed by atoms with Crippen LogP contribution in [0.1, 0.15) is 17.5 Å². The number of rotatable bonds is 6. The summed E-state index contributed by atoms with van der Waals surface area (Å²) in [5.74, 6) is 1.69. The summed E-state index contributed by atoms with van der Waals surface area (Å²) in [6, 6.07) is 16.2. The number of nitrogens with zero attached hydrogens (tertiary/aromatic N) is 1. The Morgan fingerprint density at radius 2 is 1.78 bits per heavy atom. The van der Waals surface area contributed by atoms with Crippen LogP contribution < -0.4 is 9.47 Å². The molecule has 1 atom stereocenters. The molecule has 2 aromatic carbocycles. The Kier molecular flexibility index (Phi) is 5.58. The molecule has 1 amide bonds. The minimum absolute atomic E-state index is 0.0296. The van der Waals surface area contributed by atoms with Crippen molar-refractivity contribution in [1.29, 1.82) is 0 Å². The van der Waals surface area contributed by atoms with E-state index in [0.717, 1.165) is 29.9 Å². The summed E-state index contributed by atoms with van der Waals surface area (Å²) in [5.41, 5.74) is 2.29.